The number of methoxy groups -OCH3 is 1. The van der Waals surface area contributed by atoms with Gasteiger partial charge >= 0.3 is 11.7 Å². The Labute approximate surface area is 143 Å². The molecule has 0 saturated heterocycles. The van der Waals surface area contributed by atoms with Crippen molar-refractivity contribution < 1.29 is 24.0 Å². The van der Waals surface area contributed by atoms with Crippen molar-refractivity contribution in [1.29, 1.82) is 0 Å². The molecule has 1 N–H and O–H groups in total. The Kier molecular flexibility index (Phi) is 6.05. The minimum Gasteiger partial charge on any atom is -0.477 e. The Hall–Kier alpha value is -3.42. The summed E-state index contributed by atoms with van der Waals surface area (Å²) in [6.07, 6.45) is 0.144. The number of nitrogens with one attached hydrogen (secondary N) is 1. The van der Waals surface area contributed by atoms with Crippen molar-refractivity contribution in [2.75, 3.05) is 19.0 Å². The summed E-state index contributed by atoms with van der Waals surface area (Å²) < 4.78 is 9.78. The second kappa shape index (κ2) is 8.44. The summed E-state index contributed by atoms with van der Waals surface area (Å²) in [5.74, 6) is -0.787. The lowest BCUT2D eigenvalue weighted by Gasteiger charge is -2.08. The molecule has 0 heterocycles. The maximum atomic E-state index is 11.9. The van der Waals surface area contributed by atoms with Crippen molar-refractivity contribution >= 4 is 23.3 Å². The number of rotatable bonds is 7. The molecule has 1 amide bonds. The Morgan fingerprint density at radius 3 is 2.44 bits per heavy atom. The number of benzene rings is 2. The van der Waals surface area contributed by atoms with Crippen molar-refractivity contribution in [3.8, 4) is 5.75 Å². The molecule has 0 fully saturated rings. The Morgan fingerprint density at radius 2 is 1.80 bits per heavy atom. The first-order chi connectivity index (χ1) is 12.0. The normalized spacial score (nSPS) is 9.96. The number of amides is 1. The number of nitro benzene ring substituents is 1. The van der Waals surface area contributed by atoms with Crippen LogP contribution in [0.2, 0.25) is 0 Å². The first kappa shape index (κ1) is 17.9. The van der Waals surface area contributed by atoms with Crippen molar-refractivity contribution in [3.05, 3.63) is 64.2 Å². The zero-order valence-electron chi connectivity index (χ0n) is 13.4. The van der Waals surface area contributed by atoms with E-state index in [1.165, 1.54) is 25.3 Å². The van der Waals surface area contributed by atoms with E-state index in [2.05, 4.69) is 10.1 Å². The summed E-state index contributed by atoms with van der Waals surface area (Å²) in [5.41, 5.74) is 1.06. The number of nitro groups is 1. The van der Waals surface area contributed by atoms with Crippen LogP contribution in [0, 0.1) is 10.1 Å². The van der Waals surface area contributed by atoms with E-state index in [0.29, 0.717) is 5.69 Å². The molecule has 0 spiro atoms. The van der Waals surface area contributed by atoms with Crippen LogP contribution in [0.1, 0.15) is 5.56 Å². The van der Waals surface area contributed by atoms with E-state index < -0.39 is 10.8 Å². The number of carbonyl (C=O) groups excluding carboxylic acids is 2. The van der Waals surface area contributed by atoms with Gasteiger partial charge in [0.1, 0.15) is 0 Å². The molecule has 0 saturated carbocycles. The zero-order valence-corrected chi connectivity index (χ0v) is 13.4. The Bertz CT molecular complexity index is 773. The number of carbonyl (C=O) groups is 2. The fourth-order valence-corrected chi connectivity index (χ4v) is 2.02. The van der Waals surface area contributed by atoms with Crippen LogP contribution >= 0.6 is 0 Å². The second-order valence-corrected chi connectivity index (χ2v) is 5.01. The van der Waals surface area contributed by atoms with Crippen molar-refractivity contribution in [2.45, 2.75) is 6.42 Å². The fraction of sp³-hybridized carbons (Fsp3) is 0.176. The first-order valence-corrected chi connectivity index (χ1v) is 7.31. The van der Waals surface area contributed by atoms with E-state index in [0.717, 1.165) is 5.56 Å². The standard InChI is InChI=1S/C17H16N2O6/c1-24-17(21)10-12-6-8-13(9-7-12)18-16(20)11-25-15-5-3-2-4-14(15)19(22)23/h2-9H,10-11H2,1H3,(H,18,20). The predicted molar refractivity (Wildman–Crippen MR) is 89.4 cm³/mol. The van der Waals surface area contributed by atoms with Crippen LogP contribution in [0.15, 0.2) is 48.5 Å². The summed E-state index contributed by atoms with van der Waals surface area (Å²) in [6, 6.07) is 12.5. The largest absolute Gasteiger partial charge is 0.477 e. The van der Waals surface area contributed by atoms with Gasteiger partial charge in [0.05, 0.1) is 18.5 Å². The van der Waals surface area contributed by atoms with Gasteiger partial charge in [-0.3, -0.25) is 19.7 Å². The number of anilines is 1. The highest BCUT2D eigenvalue weighted by atomic mass is 16.6. The molecule has 8 nitrogen and oxygen atoms in total. The summed E-state index contributed by atoms with van der Waals surface area (Å²) in [5, 5.41) is 13.5. The van der Waals surface area contributed by atoms with Gasteiger partial charge < -0.3 is 14.8 Å². The number of hydrogen-bond donors (Lipinski definition) is 1. The lowest BCUT2D eigenvalue weighted by molar-refractivity contribution is -0.385. The quantitative estimate of drug-likeness (QED) is 0.469. The summed E-state index contributed by atoms with van der Waals surface area (Å²) in [7, 11) is 1.31. The van der Waals surface area contributed by atoms with Crippen molar-refractivity contribution in [2.24, 2.45) is 0 Å². The Balaban J connectivity index is 1.90. The van der Waals surface area contributed by atoms with Gasteiger partial charge in [0, 0.05) is 11.8 Å². The summed E-state index contributed by atoms with van der Waals surface area (Å²) in [6.45, 7) is -0.366. The molecule has 0 atom stereocenters. The molecule has 0 aliphatic rings. The first-order valence-electron chi connectivity index (χ1n) is 7.31. The van der Waals surface area contributed by atoms with E-state index >= 15 is 0 Å². The molecule has 0 aliphatic carbocycles. The van der Waals surface area contributed by atoms with Gasteiger partial charge in [-0.1, -0.05) is 24.3 Å². The lowest BCUT2D eigenvalue weighted by Crippen LogP contribution is -2.20. The molecule has 130 valence electrons. The minimum atomic E-state index is -0.576. The van der Waals surface area contributed by atoms with Crippen LogP contribution in [0.3, 0.4) is 0 Å². The van der Waals surface area contributed by atoms with E-state index in [1.807, 2.05) is 0 Å². The maximum absolute atomic E-state index is 11.9. The third kappa shape index (κ3) is 5.31. The number of nitrogens with zero attached hydrogens (tertiary/aromatic N) is 1. The average Bonchev–Trinajstić information content (AvgIpc) is 2.61. The SMILES string of the molecule is COC(=O)Cc1ccc(NC(=O)COc2ccccc2[N+](=O)[O-])cc1. The topological polar surface area (TPSA) is 108 Å². The molecular weight excluding hydrogens is 328 g/mol. The highest BCUT2D eigenvalue weighted by molar-refractivity contribution is 5.92. The van der Waals surface area contributed by atoms with Crippen LogP contribution in [0.25, 0.3) is 0 Å². The lowest BCUT2D eigenvalue weighted by atomic mass is 10.1. The Morgan fingerprint density at radius 1 is 1.12 bits per heavy atom. The smallest absolute Gasteiger partial charge is 0.310 e. The van der Waals surface area contributed by atoms with Crippen LogP contribution in [0.5, 0.6) is 5.75 Å². The maximum Gasteiger partial charge on any atom is 0.310 e. The van der Waals surface area contributed by atoms with Gasteiger partial charge in [-0.25, -0.2) is 0 Å². The highest BCUT2D eigenvalue weighted by Gasteiger charge is 2.15. The minimum absolute atomic E-state index is 0.0241. The molecule has 0 radical (unpaired) electrons. The third-order valence-electron chi connectivity index (χ3n) is 3.23. The molecule has 0 unspecified atom stereocenters. The van der Waals surface area contributed by atoms with Gasteiger partial charge in [-0.2, -0.15) is 0 Å². The van der Waals surface area contributed by atoms with Gasteiger partial charge in [0.2, 0.25) is 0 Å². The zero-order chi connectivity index (χ0) is 18.2. The molecule has 8 heteroatoms. The molecule has 25 heavy (non-hydrogen) atoms. The van der Waals surface area contributed by atoms with Gasteiger partial charge in [0.25, 0.3) is 5.91 Å². The predicted octanol–water partition coefficient (Wildman–Crippen LogP) is 2.33. The summed E-state index contributed by atoms with van der Waals surface area (Å²) >= 11 is 0. The van der Waals surface area contributed by atoms with Gasteiger partial charge in [-0.15, -0.1) is 0 Å². The van der Waals surface area contributed by atoms with Crippen molar-refractivity contribution in [3.63, 3.8) is 0 Å². The molecule has 2 aromatic carbocycles. The molecular formula is C17H16N2O6. The van der Waals surface area contributed by atoms with E-state index in [4.69, 9.17) is 4.74 Å². The molecule has 0 aliphatic heterocycles. The van der Waals surface area contributed by atoms with Gasteiger partial charge in [0.15, 0.2) is 12.4 Å². The van der Waals surface area contributed by atoms with Crippen LogP contribution < -0.4 is 10.1 Å². The number of esters is 1. The molecule has 2 aromatic rings. The van der Waals surface area contributed by atoms with E-state index in [9.17, 15) is 19.7 Å². The fourth-order valence-electron chi connectivity index (χ4n) is 2.02. The number of para-hydroxylation sites is 2. The second-order valence-electron chi connectivity index (χ2n) is 5.01. The average molecular weight is 344 g/mol. The van der Waals surface area contributed by atoms with E-state index in [1.54, 1.807) is 30.3 Å². The summed E-state index contributed by atoms with van der Waals surface area (Å²) in [4.78, 5) is 33.4. The third-order valence-corrected chi connectivity index (χ3v) is 3.23. The number of ether oxygens (including phenoxy) is 2. The van der Waals surface area contributed by atoms with Crippen LogP contribution in [-0.2, 0) is 20.7 Å². The molecule has 0 bridgehead atoms. The van der Waals surface area contributed by atoms with Gasteiger partial charge in [-0.05, 0) is 23.8 Å². The molecule has 2 rings (SSSR count). The van der Waals surface area contributed by atoms with Crippen LogP contribution in [-0.4, -0.2) is 30.5 Å². The monoisotopic (exact) mass is 344 g/mol. The van der Waals surface area contributed by atoms with E-state index in [-0.39, 0.29) is 30.4 Å². The van der Waals surface area contributed by atoms with Crippen molar-refractivity contribution in [1.82, 2.24) is 0 Å². The van der Waals surface area contributed by atoms with Crippen LogP contribution in [0.4, 0.5) is 11.4 Å². The molecule has 0 aromatic heterocycles. The number of hydrogen-bond acceptors (Lipinski definition) is 6. The highest BCUT2D eigenvalue weighted by Crippen LogP contribution is 2.25.